The molecule has 3 N–H and O–H groups in total. The highest BCUT2D eigenvalue weighted by molar-refractivity contribution is 5.66. The number of benzene rings is 2. The van der Waals surface area contributed by atoms with Crippen LogP contribution in [0.4, 0.5) is 15.8 Å². The van der Waals surface area contributed by atoms with E-state index in [0.29, 0.717) is 18.8 Å². The van der Waals surface area contributed by atoms with Gasteiger partial charge in [0.25, 0.3) is 0 Å². The summed E-state index contributed by atoms with van der Waals surface area (Å²) in [7, 11) is 0. The molecule has 2 rings (SSSR count). The summed E-state index contributed by atoms with van der Waals surface area (Å²) in [5, 5.41) is 3.03. The number of hydrogen-bond donors (Lipinski definition) is 2. The van der Waals surface area contributed by atoms with Crippen molar-refractivity contribution in [3.8, 4) is 5.75 Å². The Morgan fingerprint density at radius 1 is 1.06 bits per heavy atom. The van der Waals surface area contributed by atoms with Gasteiger partial charge >= 0.3 is 0 Å². The molecular formula is C14H15FN2O. The first-order valence-corrected chi connectivity index (χ1v) is 5.73. The molecule has 94 valence electrons. The third-order valence-corrected chi connectivity index (χ3v) is 2.48. The lowest BCUT2D eigenvalue weighted by atomic mass is 10.2. The zero-order valence-corrected chi connectivity index (χ0v) is 9.90. The minimum Gasteiger partial charge on any atom is -0.492 e. The maximum absolute atomic E-state index is 13.2. The molecule has 0 saturated carbocycles. The van der Waals surface area contributed by atoms with Crippen LogP contribution in [-0.4, -0.2) is 13.2 Å². The Morgan fingerprint density at radius 2 is 1.83 bits per heavy atom. The van der Waals surface area contributed by atoms with E-state index in [9.17, 15) is 4.39 Å². The van der Waals surface area contributed by atoms with Crippen LogP contribution in [0.2, 0.25) is 0 Å². The Labute approximate surface area is 105 Å². The summed E-state index contributed by atoms with van der Waals surface area (Å²) in [5.74, 6) is 0.399. The fourth-order valence-corrected chi connectivity index (χ4v) is 1.56. The van der Waals surface area contributed by atoms with Crippen LogP contribution in [0.3, 0.4) is 0 Å². The number of nitrogens with two attached hydrogens (primary N) is 1. The SMILES string of the molecule is Nc1c(F)cccc1NCCOc1ccccc1. The smallest absolute Gasteiger partial charge is 0.148 e. The minimum atomic E-state index is -0.413. The number of ether oxygens (including phenoxy) is 1. The van der Waals surface area contributed by atoms with Crippen molar-refractivity contribution in [2.45, 2.75) is 0 Å². The second-order valence-corrected chi connectivity index (χ2v) is 3.79. The number of halogens is 1. The molecule has 3 nitrogen and oxygen atoms in total. The quantitative estimate of drug-likeness (QED) is 0.630. The lowest BCUT2D eigenvalue weighted by molar-refractivity contribution is 0.333. The van der Waals surface area contributed by atoms with Crippen molar-refractivity contribution in [1.29, 1.82) is 0 Å². The van der Waals surface area contributed by atoms with Gasteiger partial charge in [-0.05, 0) is 24.3 Å². The number of para-hydroxylation sites is 2. The van der Waals surface area contributed by atoms with Gasteiger partial charge in [-0.1, -0.05) is 24.3 Å². The third-order valence-electron chi connectivity index (χ3n) is 2.48. The molecular weight excluding hydrogens is 231 g/mol. The van der Waals surface area contributed by atoms with Gasteiger partial charge in [-0.25, -0.2) is 4.39 Å². The molecule has 0 saturated heterocycles. The van der Waals surface area contributed by atoms with Gasteiger partial charge in [0.1, 0.15) is 18.2 Å². The molecule has 18 heavy (non-hydrogen) atoms. The number of anilines is 2. The van der Waals surface area contributed by atoms with Crippen LogP contribution in [0.25, 0.3) is 0 Å². The van der Waals surface area contributed by atoms with Crippen LogP contribution in [0.1, 0.15) is 0 Å². The summed E-state index contributed by atoms with van der Waals surface area (Å²) in [6, 6.07) is 14.2. The molecule has 0 aromatic heterocycles. The van der Waals surface area contributed by atoms with Crippen LogP contribution >= 0.6 is 0 Å². The van der Waals surface area contributed by atoms with E-state index in [1.165, 1.54) is 6.07 Å². The van der Waals surface area contributed by atoms with E-state index in [1.807, 2.05) is 30.3 Å². The van der Waals surface area contributed by atoms with Crippen LogP contribution in [0, 0.1) is 5.82 Å². The first-order chi connectivity index (χ1) is 8.77. The molecule has 2 aromatic carbocycles. The van der Waals surface area contributed by atoms with Crippen LogP contribution in [0.15, 0.2) is 48.5 Å². The first-order valence-electron chi connectivity index (χ1n) is 5.73. The lowest BCUT2D eigenvalue weighted by Gasteiger charge is -2.10. The molecule has 0 atom stereocenters. The Kier molecular flexibility index (Phi) is 4.02. The summed E-state index contributed by atoms with van der Waals surface area (Å²) in [6.07, 6.45) is 0. The lowest BCUT2D eigenvalue weighted by Crippen LogP contribution is -2.12. The van der Waals surface area contributed by atoms with Gasteiger partial charge in [-0.15, -0.1) is 0 Å². The standard InChI is InChI=1S/C14H15FN2O/c15-12-7-4-8-13(14(12)16)17-9-10-18-11-5-2-1-3-6-11/h1-8,17H,9-10,16H2. The van der Waals surface area contributed by atoms with E-state index in [4.69, 9.17) is 10.5 Å². The van der Waals surface area contributed by atoms with E-state index in [-0.39, 0.29) is 5.69 Å². The van der Waals surface area contributed by atoms with Crippen molar-refractivity contribution in [2.24, 2.45) is 0 Å². The van der Waals surface area contributed by atoms with Gasteiger partial charge in [-0.2, -0.15) is 0 Å². The molecule has 0 heterocycles. The van der Waals surface area contributed by atoms with Gasteiger partial charge in [0.15, 0.2) is 0 Å². The number of nitrogen functional groups attached to an aromatic ring is 1. The molecule has 0 spiro atoms. The first kappa shape index (κ1) is 12.2. The maximum atomic E-state index is 13.2. The molecule has 0 fully saturated rings. The topological polar surface area (TPSA) is 47.3 Å². The van der Waals surface area contributed by atoms with Gasteiger partial charge in [-0.3, -0.25) is 0 Å². The summed E-state index contributed by atoms with van der Waals surface area (Å²) in [4.78, 5) is 0. The molecule has 0 aliphatic carbocycles. The van der Waals surface area contributed by atoms with Crippen molar-refractivity contribution < 1.29 is 9.13 Å². The average Bonchev–Trinajstić information content (AvgIpc) is 2.40. The largest absolute Gasteiger partial charge is 0.492 e. The normalized spacial score (nSPS) is 10.1. The second-order valence-electron chi connectivity index (χ2n) is 3.79. The zero-order chi connectivity index (χ0) is 12.8. The minimum absolute atomic E-state index is 0.136. The van der Waals surface area contributed by atoms with Gasteiger partial charge in [0, 0.05) is 6.54 Å². The summed E-state index contributed by atoms with van der Waals surface area (Å²) in [5.41, 5.74) is 6.32. The zero-order valence-electron chi connectivity index (χ0n) is 9.90. The van der Waals surface area contributed by atoms with Gasteiger partial charge < -0.3 is 15.8 Å². The number of hydrogen-bond acceptors (Lipinski definition) is 3. The van der Waals surface area contributed by atoms with E-state index >= 15 is 0 Å². The summed E-state index contributed by atoms with van der Waals surface area (Å²) < 4.78 is 18.7. The fraction of sp³-hybridized carbons (Fsp3) is 0.143. The predicted molar refractivity (Wildman–Crippen MR) is 71.2 cm³/mol. The molecule has 0 amide bonds. The Hall–Kier alpha value is -2.23. The number of rotatable bonds is 5. The van der Waals surface area contributed by atoms with Crippen molar-refractivity contribution >= 4 is 11.4 Å². The van der Waals surface area contributed by atoms with Crippen molar-refractivity contribution in [1.82, 2.24) is 0 Å². The summed E-state index contributed by atoms with van der Waals surface area (Å²) in [6.45, 7) is 1.04. The summed E-state index contributed by atoms with van der Waals surface area (Å²) >= 11 is 0. The van der Waals surface area contributed by atoms with E-state index in [2.05, 4.69) is 5.32 Å². The highest BCUT2D eigenvalue weighted by Crippen LogP contribution is 2.20. The van der Waals surface area contributed by atoms with Crippen molar-refractivity contribution in [3.05, 3.63) is 54.3 Å². The van der Waals surface area contributed by atoms with E-state index in [1.54, 1.807) is 12.1 Å². The third kappa shape index (κ3) is 3.13. The van der Waals surface area contributed by atoms with Crippen LogP contribution in [0.5, 0.6) is 5.75 Å². The van der Waals surface area contributed by atoms with Crippen LogP contribution < -0.4 is 15.8 Å². The molecule has 0 radical (unpaired) electrons. The molecule has 0 bridgehead atoms. The van der Waals surface area contributed by atoms with Crippen molar-refractivity contribution in [3.63, 3.8) is 0 Å². The highest BCUT2D eigenvalue weighted by atomic mass is 19.1. The molecule has 0 aliphatic rings. The van der Waals surface area contributed by atoms with E-state index < -0.39 is 5.82 Å². The number of nitrogens with one attached hydrogen (secondary N) is 1. The molecule has 0 aliphatic heterocycles. The molecule has 0 unspecified atom stereocenters. The maximum Gasteiger partial charge on any atom is 0.148 e. The predicted octanol–water partition coefficient (Wildman–Crippen LogP) is 2.90. The monoisotopic (exact) mass is 246 g/mol. The Morgan fingerprint density at radius 3 is 2.61 bits per heavy atom. The molecule has 4 heteroatoms. The molecule has 2 aromatic rings. The van der Waals surface area contributed by atoms with Crippen LogP contribution in [-0.2, 0) is 0 Å². The second kappa shape index (κ2) is 5.91. The highest BCUT2D eigenvalue weighted by Gasteiger charge is 2.02. The Balaban J connectivity index is 1.81. The van der Waals surface area contributed by atoms with Gasteiger partial charge in [0.05, 0.1) is 11.4 Å². The van der Waals surface area contributed by atoms with E-state index in [0.717, 1.165) is 5.75 Å². The average molecular weight is 246 g/mol. The Bertz CT molecular complexity index is 502. The van der Waals surface area contributed by atoms with Gasteiger partial charge in [0.2, 0.25) is 0 Å². The fourth-order valence-electron chi connectivity index (χ4n) is 1.56. The van der Waals surface area contributed by atoms with Crippen molar-refractivity contribution in [2.75, 3.05) is 24.2 Å².